The highest BCUT2D eigenvalue weighted by Gasteiger charge is 2.31. The highest BCUT2D eigenvalue weighted by Crippen LogP contribution is 2.31. The largest absolute Gasteiger partial charge is 0.485 e. The van der Waals surface area contributed by atoms with E-state index in [2.05, 4.69) is 16.8 Å². The van der Waals surface area contributed by atoms with E-state index in [1.54, 1.807) is 24.2 Å². The summed E-state index contributed by atoms with van der Waals surface area (Å²) in [5.41, 5.74) is 1.92. The van der Waals surface area contributed by atoms with Crippen molar-refractivity contribution in [1.29, 1.82) is 0 Å². The first-order valence-electron chi connectivity index (χ1n) is 10.4. The van der Waals surface area contributed by atoms with E-state index < -0.39 is 6.10 Å². The van der Waals surface area contributed by atoms with Crippen LogP contribution in [-0.2, 0) is 17.9 Å². The van der Waals surface area contributed by atoms with Crippen LogP contribution in [-0.4, -0.2) is 35.1 Å². The van der Waals surface area contributed by atoms with E-state index in [-0.39, 0.29) is 12.5 Å². The second kappa shape index (κ2) is 10.4. The Kier molecular flexibility index (Phi) is 6.88. The molecule has 0 radical (unpaired) electrons. The van der Waals surface area contributed by atoms with Crippen molar-refractivity contribution in [3.63, 3.8) is 0 Å². The molecular formula is C26H24N2O4. The zero-order chi connectivity index (χ0) is 22.2. The van der Waals surface area contributed by atoms with E-state index >= 15 is 0 Å². The molecule has 2 heterocycles. The zero-order valence-corrected chi connectivity index (χ0v) is 17.9. The minimum Gasteiger partial charge on any atom is -0.485 e. The Labute approximate surface area is 187 Å². The number of para-hydroxylation sites is 2. The first-order chi connectivity index (χ1) is 15.7. The predicted molar refractivity (Wildman–Crippen MR) is 120 cm³/mol. The topological polar surface area (TPSA) is 60.9 Å². The summed E-state index contributed by atoms with van der Waals surface area (Å²) in [6.45, 7) is 3.13. The van der Waals surface area contributed by atoms with Gasteiger partial charge in [-0.2, -0.15) is 0 Å². The molecule has 1 aromatic heterocycles. The predicted octanol–water partition coefficient (Wildman–Crippen LogP) is 3.85. The van der Waals surface area contributed by atoms with Crippen LogP contribution in [0, 0.1) is 11.8 Å². The maximum absolute atomic E-state index is 13.4. The zero-order valence-electron chi connectivity index (χ0n) is 17.9. The molecule has 4 rings (SSSR count). The minimum absolute atomic E-state index is 0.137. The number of hydrogen-bond donors (Lipinski definition) is 0. The van der Waals surface area contributed by atoms with Crippen LogP contribution < -0.4 is 14.2 Å². The van der Waals surface area contributed by atoms with Gasteiger partial charge < -0.3 is 19.1 Å². The van der Waals surface area contributed by atoms with Crippen molar-refractivity contribution >= 4 is 5.91 Å². The van der Waals surface area contributed by atoms with Crippen molar-refractivity contribution in [2.24, 2.45) is 0 Å². The van der Waals surface area contributed by atoms with Gasteiger partial charge in [0.25, 0.3) is 5.91 Å². The van der Waals surface area contributed by atoms with Gasteiger partial charge in [-0.05, 0) is 48.4 Å². The Balaban J connectivity index is 1.49. The Bertz CT molecular complexity index is 1100. The number of aromatic nitrogens is 1. The van der Waals surface area contributed by atoms with E-state index in [1.807, 2.05) is 60.7 Å². The summed E-state index contributed by atoms with van der Waals surface area (Å²) < 4.78 is 17.3. The monoisotopic (exact) mass is 428 g/mol. The first-order valence-corrected chi connectivity index (χ1v) is 10.4. The third kappa shape index (κ3) is 5.38. The number of ether oxygens (including phenoxy) is 3. The highest BCUT2D eigenvalue weighted by molar-refractivity contribution is 5.82. The van der Waals surface area contributed by atoms with Gasteiger partial charge in [-0.25, -0.2) is 0 Å². The third-order valence-electron chi connectivity index (χ3n) is 4.98. The lowest BCUT2D eigenvalue weighted by Crippen LogP contribution is -2.45. The van der Waals surface area contributed by atoms with Gasteiger partial charge >= 0.3 is 0 Å². The van der Waals surface area contributed by atoms with Crippen LogP contribution in [0.4, 0.5) is 0 Å². The van der Waals surface area contributed by atoms with Crippen molar-refractivity contribution in [1.82, 2.24) is 9.88 Å². The first kappa shape index (κ1) is 21.3. The highest BCUT2D eigenvalue weighted by atomic mass is 16.6. The lowest BCUT2D eigenvalue weighted by atomic mass is 10.1. The SMILES string of the molecule is CC#CCOc1ccc(CN(Cc2cccnc2)C(=O)[C@@H]2COc3ccccc3O2)cc1. The number of benzene rings is 2. The van der Waals surface area contributed by atoms with E-state index in [0.29, 0.717) is 31.2 Å². The fourth-order valence-corrected chi connectivity index (χ4v) is 3.37. The molecule has 0 aliphatic carbocycles. The van der Waals surface area contributed by atoms with E-state index in [1.165, 1.54) is 0 Å². The van der Waals surface area contributed by atoms with Crippen LogP contribution in [0.15, 0.2) is 73.1 Å². The van der Waals surface area contributed by atoms with Gasteiger partial charge in [0.1, 0.15) is 19.0 Å². The van der Waals surface area contributed by atoms with Gasteiger partial charge in [0.15, 0.2) is 11.5 Å². The van der Waals surface area contributed by atoms with Crippen LogP contribution >= 0.6 is 0 Å². The van der Waals surface area contributed by atoms with E-state index in [9.17, 15) is 4.79 Å². The fourth-order valence-electron chi connectivity index (χ4n) is 3.37. The molecule has 0 fully saturated rings. The Morgan fingerprint density at radius 1 is 1.06 bits per heavy atom. The smallest absolute Gasteiger partial charge is 0.267 e. The molecular weight excluding hydrogens is 404 g/mol. The fraction of sp³-hybridized carbons (Fsp3) is 0.231. The summed E-state index contributed by atoms with van der Waals surface area (Å²) in [5, 5.41) is 0. The average Bonchev–Trinajstić information content (AvgIpc) is 2.85. The molecule has 0 bridgehead atoms. The van der Waals surface area contributed by atoms with Crippen molar-refractivity contribution in [3.8, 4) is 29.1 Å². The van der Waals surface area contributed by atoms with Crippen molar-refractivity contribution in [2.75, 3.05) is 13.2 Å². The van der Waals surface area contributed by atoms with Gasteiger partial charge in [-0.15, -0.1) is 5.92 Å². The van der Waals surface area contributed by atoms with E-state index in [0.717, 1.165) is 16.9 Å². The second-order valence-electron chi connectivity index (χ2n) is 7.28. The Morgan fingerprint density at radius 3 is 2.59 bits per heavy atom. The molecule has 1 amide bonds. The molecule has 2 aromatic carbocycles. The Morgan fingerprint density at radius 2 is 1.84 bits per heavy atom. The number of amides is 1. The second-order valence-corrected chi connectivity index (χ2v) is 7.28. The van der Waals surface area contributed by atoms with Gasteiger partial charge in [0.05, 0.1) is 0 Å². The summed E-state index contributed by atoms with van der Waals surface area (Å²) in [7, 11) is 0. The molecule has 1 aliphatic heterocycles. The van der Waals surface area contributed by atoms with Gasteiger partial charge in [-0.3, -0.25) is 9.78 Å². The van der Waals surface area contributed by atoms with Crippen LogP contribution in [0.5, 0.6) is 17.2 Å². The molecule has 32 heavy (non-hydrogen) atoms. The number of nitrogens with zero attached hydrogens (tertiary/aromatic N) is 2. The van der Waals surface area contributed by atoms with Gasteiger partial charge in [0, 0.05) is 25.5 Å². The van der Waals surface area contributed by atoms with Crippen molar-refractivity contribution in [2.45, 2.75) is 26.1 Å². The molecule has 3 aromatic rings. The summed E-state index contributed by atoms with van der Waals surface area (Å²) in [5.74, 6) is 7.51. The summed E-state index contributed by atoms with van der Waals surface area (Å²) in [4.78, 5) is 19.4. The third-order valence-corrected chi connectivity index (χ3v) is 4.98. The summed E-state index contributed by atoms with van der Waals surface area (Å²) in [6.07, 6.45) is 2.77. The molecule has 0 saturated heterocycles. The summed E-state index contributed by atoms with van der Waals surface area (Å²) in [6, 6.07) is 18.9. The normalized spacial score (nSPS) is 14.1. The molecule has 0 unspecified atom stereocenters. The number of carbonyl (C=O) groups is 1. The van der Waals surface area contributed by atoms with Crippen LogP contribution in [0.3, 0.4) is 0 Å². The minimum atomic E-state index is -0.711. The lowest BCUT2D eigenvalue weighted by molar-refractivity contribution is -0.142. The maximum atomic E-state index is 13.4. The van der Waals surface area contributed by atoms with Gasteiger partial charge in [-0.1, -0.05) is 36.3 Å². The van der Waals surface area contributed by atoms with Crippen LogP contribution in [0.25, 0.3) is 0 Å². The number of carbonyl (C=O) groups excluding carboxylic acids is 1. The molecule has 0 spiro atoms. The standard InChI is InChI=1S/C26H24N2O4/c1-2-3-15-30-22-12-10-20(11-13-22)17-28(18-21-7-6-14-27-16-21)26(29)25-19-31-23-8-4-5-9-24(23)32-25/h4-14,16,25H,15,17-19H2,1H3/t25-/m0/s1. The molecule has 6 heteroatoms. The Hall–Kier alpha value is -3.98. The maximum Gasteiger partial charge on any atom is 0.267 e. The van der Waals surface area contributed by atoms with Gasteiger partial charge in [0.2, 0.25) is 6.10 Å². The lowest BCUT2D eigenvalue weighted by Gasteiger charge is -2.31. The van der Waals surface area contributed by atoms with Crippen LogP contribution in [0.2, 0.25) is 0 Å². The quantitative estimate of drug-likeness (QED) is 0.535. The van der Waals surface area contributed by atoms with E-state index in [4.69, 9.17) is 14.2 Å². The van der Waals surface area contributed by atoms with Crippen LogP contribution in [0.1, 0.15) is 18.1 Å². The molecule has 162 valence electrons. The molecule has 1 atom stereocenters. The molecule has 1 aliphatic rings. The number of hydrogen-bond acceptors (Lipinski definition) is 5. The molecule has 0 saturated carbocycles. The average molecular weight is 428 g/mol. The van der Waals surface area contributed by atoms with Crippen molar-refractivity contribution < 1.29 is 19.0 Å². The molecule has 0 N–H and O–H groups in total. The number of fused-ring (bicyclic) bond motifs is 1. The number of pyridine rings is 1. The number of rotatable bonds is 7. The molecule has 6 nitrogen and oxygen atoms in total. The summed E-state index contributed by atoms with van der Waals surface area (Å²) >= 11 is 0. The van der Waals surface area contributed by atoms with Crippen molar-refractivity contribution in [3.05, 3.63) is 84.2 Å².